The van der Waals surface area contributed by atoms with E-state index in [0.717, 1.165) is 25.2 Å². The number of fused-ring (bicyclic) bond motifs is 1. The topological polar surface area (TPSA) is 88.6 Å². The van der Waals surface area contributed by atoms with Crippen LogP contribution in [0.5, 0.6) is 0 Å². The zero-order valence-corrected chi connectivity index (χ0v) is 14.8. The average Bonchev–Trinajstić information content (AvgIpc) is 3.05. The normalized spacial score (nSPS) is 18.2. The van der Waals surface area contributed by atoms with E-state index in [9.17, 15) is 4.79 Å². The lowest BCUT2D eigenvalue weighted by molar-refractivity contribution is 0.190. The summed E-state index contributed by atoms with van der Waals surface area (Å²) in [7, 11) is 2.02. The minimum atomic E-state index is -0.217. The quantitative estimate of drug-likeness (QED) is 0.728. The highest BCUT2D eigenvalue weighted by Crippen LogP contribution is 2.21. The van der Waals surface area contributed by atoms with Gasteiger partial charge in [-0.05, 0) is 31.7 Å². The second-order valence-electron chi connectivity index (χ2n) is 6.07. The summed E-state index contributed by atoms with van der Waals surface area (Å²) in [6.07, 6.45) is 3.21. The first kappa shape index (κ1) is 17.5. The minimum Gasteiger partial charge on any atom is -0.334 e. The van der Waals surface area contributed by atoms with Crippen molar-refractivity contribution in [3.8, 4) is 11.5 Å². The van der Waals surface area contributed by atoms with Crippen LogP contribution < -0.4 is 10.9 Å². The van der Waals surface area contributed by atoms with Crippen molar-refractivity contribution in [1.29, 1.82) is 0 Å². The monoisotopic (exact) mass is 362 g/mol. The summed E-state index contributed by atoms with van der Waals surface area (Å²) in [5, 5.41) is 7.37. The van der Waals surface area contributed by atoms with Crippen LogP contribution in [0.15, 0.2) is 33.8 Å². The number of aryl methyl sites for hydroxylation is 1. The first-order chi connectivity index (χ1) is 11.6. The predicted molar refractivity (Wildman–Crippen MR) is 95.0 cm³/mol. The Balaban J connectivity index is 0.00000182. The van der Waals surface area contributed by atoms with Gasteiger partial charge in [0.15, 0.2) is 5.82 Å². The molecule has 4 rings (SSSR count). The predicted octanol–water partition coefficient (Wildman–Crippen LogP) is 1.05. The van der Waals surface area contributed by atoms with Gasteiger partial charge in [-0.25, -0.2) is 4.98 Å². The van der Waals surface area contributed by atoms with E-state index in [2.05, 4.69) is 25.3 Å². The van der Waals surface area contributed by atoms with E-state index in [1.165, 1.54) is 10.6 Å². The van der Waals surface area contributed by atoms with Gasteiger partial charge in [-0.2, -0.15) is 4.98 Å². The Kier molecular flexibility index (Phi) is 4.85. The largest absolute Gasteiger partial charge is 0.334 e. The molecule has 1 atom stereocenters. The number of hydrogen-bond donors (Lipinski definition) is 1. The van der Waals surface area contributed by atoms with Crippen molar-refractivity contribution in [3.05, 3.63) is 46.3 Å². The Labute approximate surface area is 150 Å². The van der Waals surface area contributed by atoms with Crippen molar-refractivity contribution in [2.75, 3.05) is 26.7 Å². The van der Waals surface area contributed by atoms with Gasteiger partial charge in [-0.3, -0.25) is 14.1 Å². The lowest BCUT2D eigenvalue weighted by Gasteiger charge is -2.30. The van der Waals surface area contributed by atoms with Crippen LogP contribution in [0.3, 0.4) is 0 Å². The van der Waals surface area contributed by atoms with Gasteiger partial charge in [0.2, 0.25) is 0 Å². The second kappa shape index (κ2) is 6.91. The van der Waals surface area contributed by atoms with Crippen molar-refractivity contribution < 1.29 is 4.52 Å². The zero-order valence-electron chi connectivity index (χ0n) is 14.0. The summed E-state index contributed by atoms with van der Waals surface area (Å²) in [6, 6.07) is 3.75. The molecule has 3 aromatic heterocycles. The van der Waals surface area contributed by atoms with Crippen LogP contribution in [0.2, 0.25) is 0 Å². The summed E-state index contributed by atoms with van der Waals surface area (Å²) in [4.78, 5) is 23.6. The van der Waals surface area contributed by atoms with Crippen molar-refractivity contribution in [2.24, 2.45) is 0 Å². The first-order valence-electron chi connectivity index (χ1n) is 7.86. The Morgan fingerprint density at radius 2 is 2.24 bits per heavy atom. The van der Waals surface area contributed by atoms with E-state index < -0.39 is 0 Å². The summed E-state index contributed by atoms with van der Waals surface area (Å²) >= 11 is 0. The van der Waals surface area contributed by atoms with Crippen LogP contribution in [-0.2, 0) is 0 Å². The standard InChI is InChI=1S/C16H18N6O2.ClH/c1-10-3-5-22-13(7-10)18-8-11(16(22)23)15-19-14(20-24-15)12-9-17-4-6-21(12)2;/h3,5,7-8,12,17H,4,6,9H2,1-2H3;1H. The van der Waals surface area contributed by atoms with Gasteiger partial charge < -0.3 is 9.84 Å². The molecule has 4 heterocycles. The molecule has 1 unspecified atom stereocenters. The molecule has 0 aliphatic carbocycles. The van der Waals surface area contributed by atoms with E-state index >= 15 is 0 Å². The molecule has 1 N–H and O–H groups in total. The van der Waals surface area contributed by atoms with Crippen LogP contribution >= 0.6 is 12.4 Å². The van der Waals surface area contributed by atoms with E-state index in [4.69, 9.17) is 4.52 Å². The van der Waals surface area contributed by atoms with Crippen LogP contribution in [0.4, 0.5) is 0 Å². The average molecular weight is 363 g/mol. The van der Waals surface area contributed by atoms with E-state index in [-0.39, 0.29) is 29.9 Å². The maximum absolute atomic E-state index is 12.7. The van der Waals surface area contributed by atoms with Crippen LogP contribution in [-0.4, -0.2) is 51.1 Å². The molecule has 25 heavy (non-hydrogen) atoms. The molecule has 9 heteroatoms. The molecule has 1 fully saturated rings. The molecule has 0 spiro atoms. The molecule has 0 bridgehead atoms. The molecule has 1 aliphatic rings. The number of nitrogens with zero attached hydrogens (tertiary/aromatic N) is 5. The van der Waals surface area contributed by atoms with Crippen molar-refractivity contribution in [3.63, 3.8) is 0 Å². The maximum atomic E-state index is 12.7. The number of nitrogens with one attached hydrogen (secondary N) is 1. The fourth-order valence-corrected chi connectivity index (χ4v) is 2.90. The Hall–Kier alpha value is -2.29. The van der Waals surface area contributed by atoms with Gasteiger partial charge in [-0.15, -0.1) is 12.4 Å². The van der Waals surface area contributed by atoms with Gasteiger partial charge >= 0.3 is 0 Å². The minimum absolute atomic E-state index is 0. The molecule has 132 valence electrons. The molecular weight excluding hydrogens is 344 g/mol. The number of likely N-dealkylation sites (N-methyl/N-ethyl adjacent to an activating group) is 1. The number of halogens is 1. The van der Waals surface area contributed by atoms with Gasteiger partial charge in [0.25, 0.3) is 11.4 Å². The molecular formula is C16H19ClN6O2. The molecule has 1 aliphatic heterocycles. The number of piperazine rings is 1. The maximum Gasteiger partial charge on any atom is 0.270 e. The second-order valence-corrected chi connectivity index (χ2v) is 6.07. The highest BCUT2D eigenvalue weighted by atomic mass is 35.5. The summed E-state index contributed by atoms with van der Waals surface area (Å²) in [5.41, 5.74) is 1.73. The third-order valence-electron chi connectivity index (χ3n) is 4.35. The first-order valence-corrected chi connectivity index (χ1v) is 7.86. The van der Waals surface area contributed by atoms with E-state index in [1.807, 2.05) is 26.1 Å². The van der Waals surface area contributed by atoms with E-state index in [0.29, 0.717) is 17.0 Å². The molecule has 0 saturated carbocycles. The van der Waals surface area contributed by atoms with Crippen LogP contribution in [0, 0.1) is 6.92 Å². The summed E-state index contributed by atoms with van der Waals surface area (Å²) < 4.78 is 6.82. The SMILES string of the molecule is Cc1ccn2c(=O)c(-c3nc(C4CNCCN4C)no3)cnc2c1.Cl. The third kappa shape index (κ3) is 3.15. The highest BCUT2D eigenvalue weighted by Gasteiger charge is 2.26. The lowest BCUT2D eigenvalue weighted by atomic mass is 10.2. The number of pyridine rings is 1. The number of rotatable bonds is 2. The van der Waals surface area contributed by atoms with Gasteiger partial charge in [0.1, 0.15) is 11.2 Å². The summed E-state index contributed by atoms with van der Waals surface area (Å²) in [5.74, 6) is 0.782. The van der Waals surface area contributed by atoms with Gasteiger partial charge in [0, 0.05) is 32.0 Å². The van der Waals surface area contributed by atoms with Crippen molar-refractivity contribution in [2.45, 2.75) is 13.0 Å². The Morgan fingerprint density at radius 1 is 1.40 bits per heavy atom. The molecule has 1 saturated heterocycles. The lowest BCUT2D eigenvalue weighted by Crippen LogP contribution is -2.44. The Bertz CT molecular complexity index is 953. The highest BCUT2D eigenvalue weighted by molar-refractivity contribution is 5.85. The summed E-state index contributed by atoms with van der Waals surface area (Å²) in [6.45, 7) is 4.56. The third-order valence-corrected chi connectivity index (χ3v) is 4.35. The van der Waals surface area contributed by atoms with Crippen LogP contribution in [0.1, 0.15) is 17.4 Å². The van der Waals surface area contributed by atoms with E-state index in [1.54, 1.807) is 6.20 Å². The molecule has 0 aromatic carbocycles. The number of hydrogen-bond acceptors (Lipinski definition) is 7. The van der Waals surface area contributed by atoms with Gasteiger partial charge in [0.05, 0.1) is 6.04 Å². The van der Waals surface area contributed by atoms with Crippen molar-refractivity contribution >= 4 is 18.1 Å². The van der Waals surface area contributed by atoms with Gasteiger partial charge in [-0.1, -0.05) is 5.16 Å². The number of aromatic nitrogens is 4. The zero-order chi connectivity index (χ0) is 16.7. The molecule has 3 aromatic rings. The Morgan fingerprint density at radius 3 is 3.04 bits per heavy atom. The van der Waals surface area contributed by atoms with Crippen molar-refractivity contribution in [1.82, 2.24) is 29.7 Å². The fraction of sp³-hybridized carbons (Fsp3) is 0.375. The van der Waals surface area contributed by atoms with Crippen LogP contribution in [0.25, 0.3) is 17.1 Å². The fourth-order valence-electron chi connectivity index (χ4n) is 2.90. The smallest absolute Gasteiger partial charge is 0.270 e. The molecule has 0 radical (unpaired) electrons. The molecule has 8 nitrogen and oxygen atoms in total. The molecule has 0 amide bonds.